The van der Waals surface area contributed by atoms with Crippen LogP contribution >= 0.6 is 0 Å². The molecule has 2 aliphatic rings. The quantitative estimate of drug-likeness (QED) is 0.553. The normalized spacial score (nSPS) is 21.9. The van der Waals surface area contributed by atoms with Crippen molar-refractivity contribution >= 4 is 17.5 Å². The predicted molar refractivity (Wildman–Crippen MR) is 61.3 cm³/mol. The van der Waals surface area contributed by atoms with Crippen LogP contribution in [0.25, 0.3) is 0 Å². The Morgan fingerprint density at radius 1 is 1.59 bits per heavy atom. The maximum atomic E-state index is 11.0. The Morgan fingerprint density at radius 3 is 2.88 bits per heavy atom. The molecular formula is C10H10N4O3. The number of nitrogens with one attached hydrogen (secondary N) is 1. The number of nitro groups is 1. The Labute approximate surface area is 96.8 Å². The minimum absolute atomic E-state index is 0.155. The van der Waals surface area contributed by atoms with E-state index in [1.54, 1.807) is 13.0 Å². The minimum Gasteiger partial charge on any atom is -0.321 e. The van der Waals surface area contributed by atoms with Crippen LogP contribution < -0.4 is 5.32 Å². The van der Waals surface area contributed by atoms with Crippen LogP contribution in [0.3, 0.4) is 0 Å². The molecule has 88 valence electrons. The molecule has 0 bridgehead atoms. The zero-order chi connectivity index (χ0) is 12.6. The van der Waals surface area contributed by atoms with Crippen molar-refractivity contribution in [3.63, 3.8) is 0 Å². The van der Waals surface area contributed by atoms with E-state index >= 15 is 0 Å². The Bertz CT molecular complexity index is 528. The van der Waals surface area contributed by atoms with Crippen LogP contribution in [-0.2, 0) is 4.79 Å². The molecule has 1 heterocycles. The summed E-state index contributed by atoms with van der Waals surface area (Å²) in [6.45, 7) is 2.97. The lowest BCUT2D eigenvalue weighted by molar-refractivity contribution is -0.416. The van der Waals surface area contributed by atoms with Gasteiger partial charge in [0.15, 0.2) is 5.71 Å². The molecule has 0 saturated heterocycles. The molecule has 0 aromatic carbocycles. The third kappa shape index (κ3) is 1.99. The SMILES string of the molecule is CC(=O)NC1=C([N+](=O)[O-])C2=NC(C)=N[C@@H]2C=C1. The van der Waals surface area contributed by atoms with Gasteiger partial charge in [0.05, 0.1) is 4.92 Å². The second kappa shape index (κ2) is 3.93. The summed E-state index contributed by atoms with van der Waals surface area (Å²) >= 11 is 0. The standard InChI is InChI=1S/C10H10N4O3/c1-5-11-7-3-4-8(13-6(2)15)10(14(16)17)9(7)12-5/h3-4,7H,1-2H3,(H,13,15)/t7-/m1/s1. The number of allylic oxidation sites excluding steroid dienone is 1. The maximum Gasteiger partial charge on any atom is 0.316 e. The van der Waals surface area contributed by atoms with Gasteiger partial charge in [0.1, 0.15) is 17.6 Å². The van der Waals surface area contributed by atoms with Gasteiger partial charge in [-0.1, -0.05) is 6.08 Å². The largest absolute Gasteiger partial charge is 0.321 e. The minimum atomic E-state index is -0.547. The van der Waals surface area contributed by atoms with Gasteiger partial charge in [-0.3, -0.25) is 19.9 Å². The average Bonchev–Trinajstić information content (AvgIpc) is 2.56. The second-order valence-corrected chi connectivity index (χ2v) is 3.68. The first-order valence-electron chi connectivity index (χ1n) is 4.97. The van der Waals surface area contributed by atoms with Gasteiger partial charge >= 0.3 is 5.70 Å². The summed E-state index contributed by atoms with van der Waals surface area (Å²) < 4.78 is 0. The highest BCUT2D eigenvalue weighted by Gasteiger charge is 2.35. The van der Waals surface area contributed by atoms with Crippen molar-refractivity contribution < 1.29 is 9.72 Å². The van der Waals surface area contributed by atoms with E-state index in [9.17, 15) is 14.9 Å². The van der Waals surface area contributed by atoms with Gasteiger partial charge in [-0.2, -0.15) is 0 Å². The van der Waals surface area contributed by atoms with Crippen molar-refractivity contribution in [3.05, 3.63) is 33.7 Å². The third-order valence-corrected chi connectivity index (χ3v) is 2.32. The summed E-state index contributed by atoms with van der Waals surface area (Å²) in [7, 11) is 0. The zero-order valence-corrected chi connectivity index (χ0v) is 9.30. The number of fused-ring (bicyclic) bond motifs is 1. The number of amidine groups is 1. The van der Waals surface area contributed by atoms with Crippen molar-refractivity contribution in [3.8, 4) is 0 Å². The molecule has 1 aliphatic carbocycles. The summed E-state index contributed by atoms with van der Waals surface area (Å²) in [4.78, 5) is 29.6. The van der Waals surface area contributed by atoms with Crippen molar-refractivity contribution in [1.82, 2.24) is 5.32 Å². The lowest BCUT2D eigenvalue weighted by Crippen LogP contribution is -2.31. The average molecular weight is 234 g/mol. The molecule has 0 aromatic rings. The maximum absolute atomic E-state index is 11.0. The lowest BCUT2D eigenvalue weighted by Gasteiger charge is -2.13. The van der Waals surface area contributed by atoms with Gasteiger partial charge in [0.25, 0.3) is 0 Å². The van der Waals surface area contributed by atoms with E-state index < -0.39 is 11.0 Å². The molecule has 0 spiro atoms. The van der Waals surface area contributed by atoms with Crippen molar-refractivity contribution in [2.24, 2.45) is 9.98 Å². The van der Waals surface area contributed by atoms with Crippen LogP contribution in [0.5, 0.6) is 0 Å². The van der Waals surface area contributed by atoms with E-state index in [0.29, 0.717) is 5.84 Å². The fourth-order valence-electron chi connectivity index (χ4n) is 1.75. The van der Waals surface area contributed by atoms with E-state index in [1.165, 1.54) is 13.0 Å². The van der Waals surface area contributed by atoms with Crippen molar-refractivity contribution in [2.75, 3.05) is 0 Å². The lowest BCUT2D eigenvalue weighted by atomic mass is 10.0. The highest BCUT2D eigenvalue weighted by Crippen LogP contribution is 2.22. The number of amides is 1. The highest BCUT2D eigenvalue weighted by molar-refractivity contribution is 6.15. The number of rotatable bonds is 2. The van der Waals surface area contributed by atoms with Crippen molar-refractivity contribution in [2.45, 2.75) is 19.9 Å². The van der Waals surface area contributed by atoms with Gasteiger partial charge in [0.2, 0.25) is 5.91 Å². The number of aliphatic imine (C=N–C) groups is 2. The smallest absolute Gasteiger partial charge is 0.316 e. The molecule has 1 N–H and O–H groups in total. The zero-order valence-electron chi connectivity index (χ0n) is 9.30. The summed E-state index contributed by atoms with van der Waals surface area (Å²) in [6.07, 6.45) is 3.17. The van der Waals surface area contributed by atoms with E-state index in [2.05, 4.69) is 15.3 Å². The van der Waals surface area contributed by atoms with E-state index in [4.69, 9.17) is 0 Å². The van der Waals surface area contributed by atoms with Crippen molar-refractivity contribution in [1.29, 1.82) is 0 Å². The molecule has 0 unspecified atom stereocenters. The van der Waals surface area contributed by atoms with E-state index in [0.717, 1.165) is 0 Å². The Morgan fingerprint density at radius 2 is 2.29 bits per heavy atom. The van der Waals surface area contributed by atoms with Gasteiger partial charge in [-0.05, 0) is 13.0 Å². The van der Waals surface area contributed by atoms with Crippen LogP contribution in [0.1, 0.15) is 13.8 Å². The summed E-state index contributed by atoms with van der Waals surface area (Å²) in [5, 5.41) is 13.4. The van der Waals surface area contributed by atoms with Gasteiger partial charge in [-0.25, -0.2) is 4.99 Å². The van der Waals surface area contributed by atoms with Crippen LogP contribution in [0.15, 0.2) is 33.5 Å². The number of nitrogens with zero attached hydrogens (tertiary/aromatic N) is 3. The Balaban J connectivity index is 2.48. The second-order valence-electron chi connectivity index (χ2n) is 3.68. The predicted octanol–water partition coefficient (Wildman–Crippen LogP) is 0.422. The molecule has 0 aromatic heterocycles. The first-order valence-corrected chi connectivity index (χ1v) is 4.97. The first kappa shape index (κ1) is 11.2. The van der Waals surface area contributed by atoms with Gasteiger partial charge in [-0.15, -0.1) is 0 Å². The molecule has 0 saturated carbocycles. The molecule has 7 nitrogen and oxygen atoms in total. The Kier molecular flexibility index (Phi) is 2.58. The number of hydrogen-bond acceptors (Lipinski definition) is 5. The third-order valence-electron chi connectivity index (χ3n) is 2.32. The first-order chi connectivity index (χ1) is 7.99. The molecule has 1 aliphatic heterocycles. The molecule has 7 heteroatoms. The summed E-state index contributed by atoms with van der Waals surface area (Å²) in [5.74, 6) is 0.136. The topological polar surface area (TPSA) is 97.0 Å². The van der Waals surface area contributed by atoms with Crippen LogP contribution in [0.2, 0.25) is 0 Å². The molecular weight excluding hydrogens is 224 g/mol. The summed E-state index contributed by atoms with van der Waals surface area (Å²) in [6, 6.07) is -0.409. The fourth-order valence-corrected chi connectivity index (χ4v) is 1.75. The van der Waals surface area contributed by atoms with Gasteiger partial charge < -0.3 is 5.32 Å². The van der Waals surface area contributed by atoms with E-state index in [-0.39, 0.29) is 23.0 Å². The molecule has 1 atom stereocenters. The number of carbonyl (C=O) groups excluding carboxylic acids is 1. The van der Waals surface area contributed by atoms with Gasteiger partial charge in [0, 0.05) is 6.92 Å². The number of hydrogen-bond donors (Lipinski definition) is 1. The molecule has 17 heavy (non-hydrogen) atoms. The van der Waals surface area contributed by atoms with Crippen LogP contribution in [0, 0.1) is 10.1 Å². The van der Waals surface area contributed by atoms with Crippen LogP contribution in [-0.4, -0.2) is 28.4 Å². The monoisotopic (exact) mass is 234 g/mol. The Hall–Kier alpha value is -2.31. The summed E-state index contributed by atoms with van der Waals surface area (Å²) in [5.41, 5.74) is 0.245. The molecule has 1 amide bonds. The molecule has 0 fully saturated rings. The molecule has 0 radical (unpaired) electrons. The highest BCUT2D eigenvalue weighted by atomic mass is 16.6. The molecule has 2 rings (SSSR count). The van der Waals surface area contributed by atoms with E-state index in [1.807, 2.05) is 0 Å². The number of carbonyl (C=O) groups is 1. The fraction of sp³-hybridized carbons (Fsp3) is 0.300. The van der Waals surface area contributed by atoms with Crippen LogP contribution in [0.4, 0.5) is 0 Å².